The molecule has 1 aliphatic rings. The molecule has 0 amide bonds. The standard InChI is InChI=1S/C15H27N3/c1-3-4-10-18(2)12-14-11-16-17-15(14)13-8-6-5-7-9-13/h11,13H,3-10,12H2,1-2H3,(H,16,17). The zero-order chi connectivity index (χ0) is 12.8. The van der Waals surface area contributed by atoms with Crippen molar-refractivity contribution in [2.24, 2.45) is 0 Å². The van der Waals surface area contributed by atoms with Crippen LogP contribution in [0.3, 0.4) is 0 Å². The van der Waals surface area contributed by atoms with Crippen molar-refractivity contribution in [3.8, 4) is 0 Å². The van der Waals surface area contributed by atoms with Gasteiger partial charge in [0.15, 0.2) is 0 Å². The summed E-state index contributed by atoms with van der Waals surface area (Å²) in [5.41, 5.74) is 2.83. The normalized spacial score (nSPS) is 17.5. The van der Waals surface area contributed by atoms with Crippen molar-refractivity contribution >= 4 is 0 Å². The average molecular weight is 249 g/mol. The molecule has 102 valence electrons. The first kappa shape index (κ1) is 13.6. The minimum Gasteiger partial charge on any atom is -0.302 e. The lowest BCUT2D eigenvalue weighted by molar-refractivity contribution is 0.317. The fraction of sp³-hybridized carbons (Fsp3) is 0.800. The maximum atomic E-state index is 4.28. The quantitative estimate of drug-likeness (QED) is 0.834. The average Bonchev–Trinajstić information content (AvgIpc) is 2.85. The molecule has 0 atom stereocenters. The van der Waals surface area contributed by atoms with E-state index in [2.05, 4.69) is 29.1 Å². The van der Waals surface area contributed by atoms with E-state index >= 15 is 0 Å². The zero-order valence-corrected chi connectivity index (χ0v) is 11.9. The van der Waals surface area contributed by atoms with E-state index in [9.17, 15) is 0 Å². The summed E-state index contributed by atoms with van der Waals surface area (Å²) in [6, 6.07) is 0. The third kappa shape index (κ3) is 3.58. The number of unbranched alkanes of at least 4 members (excludes halogenated alkanes) is 1. The summed E-state index contributed by atoms with van der Waals surface area (Å²) in [5, 5.41) is 7.54. The second-order valence-electron chi connectivity index (χ2n) is 5.74. The Morgan fingerprint density at radius 1 is 1.33 bits per heavy atom. The molecule has 18 heavy (non-hydrogen) atoms. The van der Waals surface area contributed by atoms with Gasteiger partial charge in [-0.05, 0) is 32.9 Å². The Morgan fingerprint density at radius 3 is 2.83 bits per heavy atom. The van der Waals surface area contributed by atoms with Crippen molar-refractivity contribution < 1.29 is 0 Å². The highest BCUT2D eigenvalue weighted by atomic mass is 15.1. The summed E-state index contributed by atoms with van der Waals surface area (Å²) in [5.74, 6) is 0.732. The topological polar surface area (TPSA) is 31.9 Å². The first-order valence-electron chi connectivity index (χ1n) is 7.52. The Morgan fingerprint density at radius 2 is 2.11 bits per heavy atom. The predicted molar refractivity (Wildman–Crippen MR) is 75.7 cm³/mol. The minimum absolute atomic E-state index is 0.732. The van der Waals surface area contributed by atoms with Crippen LogP contribution in [0.15, 0.2) is 6.20 Å². The van der Waals surface area contributed by atoms with Gasteiger partial charge in [-0.15, -0.1) is 0 Å². The number of aromatic amines is 1. The van der Waals surface area contributed by atoms with E-state index < -0.39 is 0 Å². The largest absolute Gasteiger partial charge is 0.302 e. The third-order valence-electron chi connectivity index (χ3n) is 4.10. The van der Waals surface area contributed by atoms with Crippen LogP contribution in [0.25, 0.3) is 0 Å². The number of H-pyrrole nitrogens is 1. The molecule has 3 heteroatoms. The summed E-state index contributed by atoms with van der Waals surface area (Å²) in [7, 11) is 2.22. The van der Waals surface area contributed by atoms with E-state index in [0.717, 1.165) is 12.5 Å². The molecular weight excluding hydrogens is 222 g/mol. The summed E-state index contributed by atoms with van der Waals surface area (Å²) >= 11 is 0. The van der Waals surface area contributed by atoms with Crippen molar-refractivity contribution in [3.05, 3.63) is 17.5 Å². The van der Waals surface area contributed by atoms with Crippen molar-refractivity contribution in [3.63, 3.8) is 0 Å². The van der Waals surface area contributed by atoms with Crippen LogP contribution < -0.4 is 0 Å². The lowest BCUT2D eigenvalue weighted by Crippen LogP contribution is -2.20. The van der Waals surface area contributed by atoms with Crippen LogP contribution >= 0.6 is 0 Å². The zero-order valence-electron chi connectivity index (χ0n) is 11.9. The molecule has 1 saturated carbocycles. The molecule has 1 aromatic heterocycles. The molecule has 0 spiro atoms. The van der Waals surface area contributed by atoms with Crippen LogP contribution in [0.2, 0.25) is 0 Å². The molecule has 1 fully saturated rings. The number of hydrogen-bond acceptors (Lipinski definition) is 2. The highest BCUT2D eigenvalue weighted by Crippen LogP contribution is 2.33. The Labute approximate surface area is 111 Å². The van der Waals surface area contributed by atoms with Crippen molar-refractivity contribution in [1.82, 2.24) is 15.1 Å². The van der Waals surface area contributed by atoms with Crippen LogP contribution in [0, 0.1) is 0 Å². The van der Waals surface area contributed by atoms with E-state index in [1.807, 2.05) is 6.20 Å². The summed E-state index contributed by atoms with van der Waals surface area (Å²) in [6.07, 6.45) is 11.5. The van der Waals surface area contributed by atoms with Gasteiger partial charge in [0.2, 0.25) is 0 Å². The van der Waals surface area contributed by atoms with E-state index in [1.54, 1.807) is 0 Å². The van der Waals surface area contributed by atoms with Gasteiger partial charge < -0.3 is 4.90 Å². The second kappa shape index (κ2) is 6.93. The molecule has 0 aliphatic heterocycles. The van der Waals surface area contributed by atoms with E-state index in [4.69, 9.17) is 0 Å². The van der Waals surface area contributed by atoms with E-state index in [1.165, 1.54) is 62.7 Å². The molecule has 1 N–H and O–H groups in total. The minimum atomic E-state index is 0.732. The maximum Gasteiger partial charge on any atom is 0.0535 e. The molecule has 2 rings (SSSR count). The lowest BCUT2D eigenvalue weighted by Gasteiger charge is -2.23. The molecule has 0 saturated heterocycles. The molecule has 0 aromatic carbocycles. The van der Waals surface area contributed by atoms with Gasteiger partial charge >= 0.3 is 0 Å². The molecule has 1 aliphatic carbocycles. The number of rotatable bonds is 6. The fourth-order valence-electron chi connectivity index (χ4n) is 2.99. The first-order valence-corrected chi connectivity index (χ1v) is 7.52. The van der Waals surface area contributed by atoms with Gasteiger partial charge in [-0.3, -0.25) is 5.10 Å². The van der Waals surface area contributed by atoms with Gasteiger partial charge in [0.05, 0.1) is 6.20 Å². The monoisotopic (exact) mass is 249 g/mol. The van der Waals surface area contributed by atoms with Gasteiger partial charge in [-0.25, -0.2) is 0 Å². The van der Waals surface area contributed by atoms with Crippen LogP contribution in [0.4, 0.5) is 0 Å². The van der Waals surface area contributed by atoms with Gasteiger partial charge in [0, 0.05) is 23.7 Å². The maximum absolute atomic E-state index is 4.28. The summed E-state index contributed by atoms with van der Waals surface area (Å²) in [6.45, 7) is 4.48. The van der Waals surface area contributed by atoms with Crippen LogP contribution in [0.5, 0.6) is 0 Å². The Kier molecular flexibility index (Phi) is 5.24. The Bertz CT molecular complexity index is 339. The van der Waals surface area contributed by atoms with Crippen LogP contribution in [0.1, 0.15) is 69.0 Å². The number of aromatic nitrogens is 2. The Balaban J connectivity index is 1.94. The predicted octanol–water partition coefficient (Wildman–Crippen LogP) is 3.69. The molecule has 1 heterocycles. The van der Waals surface area contributed by atoms with Crippen LogP contribution in [-0.2, 0) is 6.54 Å². The number of hydrogen-bond donors (Lipinski definition) is 1. The molecule has 0 radical (unpaired) electrons. The first-order chi connectivity index (χ1) is 8.81. The molecule has 1 aromatic rings. The van der Waals surface area contributed by atoms with Gasteiger partial charge in [0.25, 0.3) is 0 Å². The van der Waals surface area contributed by atoms with Gasteiger partial charge in [-0.2, -0.15) is 5.10 Å². The number of nitrogens with one attached hydrogen (secondary N) is 1. The van der Waals surface area contributed by atoms with Crippen molar-refractivity contribution in [1.29, 1.82) is 0 Å². The van der Waals surface area contributed by atoms with Crippen molar-refractivity contribution in [2.75, 3.05) is 13.6 Å². The van der Waals surface area contributed by atoms with E-state index in [0.29, 0.717) is 0 Å². The molecular formula is C15H27N3. The van der Waals surface area contributed by atoms with Crippen molar-refractivity contribution in [2.45, 2.75) is 64.3 Å². The third-order valence-corrected chi connectivity index (χ3v) is 4.10. The number of nitrogens with zero attached hydrogens (tertiary/aromatic N) is 2. The molecule has 0 unspecified atom stereocenters. The smallest absolute Gasteiger partial charge is 0.0535 e. The molecule has 0 bridgehead atoms. The molecule has 3 nitrogen and oxygen atoms in total. The second-order valence-corrected chi connectivity index (χ2v) is 5.74. The highest BCUT2D eigenvalue weighted by Gasteiger charge is 2.20. The fourth-order valence-corrected chi connectivity index (χ4v) is 2.99. The summed E-state index contributed by atoms with van der Waals surface area (Å²) < 4.78 is 0. The van der Waals surface area contributed by atoms with Gasteiger partial charge in [-0.1, -0.05) is 32.6 Å². The van der Waals surface area contributed by atoms with Crippen LogP contribution in [-0.4, -0.2) is 28.7 Å². The summed E-state index contributed by atoms with van der Waals surface area (Å²) in [4.78, 5) is 2.42. The highest BCUT2D eigenvalue weighted by molar-refractivity contribution is 5.20. The van der Waals surface area contributed by atoms with E-state index in [-0.39, 0.29) is 0 Å². The lowest BCUT2D eigenvalue weighted by atomic mass is 9.85. The Hall–Kier alpha value is -0.830. The van der Waals surface area contributed by atoms with Gasteiger partial charge in [0.1, 0.15) is 0 Å². The SMILES string of the molecule is CCCCN(C)Cc1cn[nH]c1C1CCCCC1.